The second-order valence-electron chi connectivity index (χ2n) is 8.65. The van der Waals surface area contributed by atoms with Gasteiger partial charge in [0.1, 0.15) is 30.1 Å². The van der Waals surface area contributed by atoms with Gasteiger partial charge in [0.15, 0.2) is 17.3 Å². The summed E-state index contributed by atoms with van der Waals surface area (Å²) in [6.45, 7) is -0.101. The molecule has 3 aromatic heterocycles. The van der Waals surface area contributed by atoms with E-state index in [-0.39, 0.29) is 41.4 Å². The van der Waals surface area contributed by atoms with E-state index >= 15 is 0 Å². The molecule has 1 aliphatic carbocycles. The summed E-state index contributed by atoms with van der Waals surface area (Å²) in [4.78, 5) is 21.0. The van der Waals surface area contributed by atoms with E-state index in [4.69, 9.17) is 14.2 Å². The molecule has 38 heavy (non-hydrogen) atoms. The van der Waals surface area contributed by atoms with Gasteiger partial charge in [-0.1, -0.05) is 6.07 Å². The second-order valence-corrected chi connectivity index (χ2v) is 8.65. The van der Waals surface area contributed by atoms with Gasteiger partial charge in [0.05, 0.1) is 31.7 Å². The van der Waals surface area contributed by atoms with E-state index in [0.29, 0.717) is 17.0 Å². The lowest BCUT2D eigenvalue weighted by molar-refractivity contribution is -0.140. The molecule has 9 nitrogen and oxygen atoms in total. The van der Waals surface area contributed by atoms with E-state index in [1.807, 2.05) is 0 Å². The maximum absolute atomic E-state index is 14.9. The quantitative estimate of drug-likeness (QED) is 0.295. The van der Waals surface area contributed by atoms with Gasteiger partial charge in [0.2, 0.25) is 5.88 Å². The Morgan fingerprint density at radius 3 is 2.45 bits per heavy atom. The normalized spacial score (nSPS) is 13.4. The predicted molar refractivity (Wildman–Crippen MR) is 126 cm³/mol. The van der Waals surface area contributed by atoms with Crippen molar-refractivity contribution in [2.24, 2.45) is 7.05 Å². The van der Waals surface area contributed by atoms with Crippen molar-refractivity contribution in [3.8, 4) is 40.3 Å². The van der Waals surface area contributed by atoms with Crippen molar-refractivity contribution in [1.82, 2.24) is 29.5 Å². The Morgan fingerprint density at radius 2 is 1.82 bits per heavy atom. The summed E-state index contributed by atoms with van der Waals surface area (Å²) in [5, 5.41) is 0. The van der Waals surface area contributed by atoms with Crippen molar-refractivity contribution in [3.63, 3.8) is 0 Å². The summed E-state index contributed by atoms with van der Waals surface area (Å²) in [7, 11) is 4.30. The first-order chi connectivity index (χ1) is 18.2. The smallest absolute Gasteiger partial charge is 0.434 e. The standard InChI is InChI=1S/C25H22F4N6O3/c1-35-10-18(25(27,28)29)33-22(35)15-7-4-13(8-16(15)26)11-38-23-17(36-2)9-30-21(34-23)19-20(14-5-6-14)31-12-32-24(19)37-3/h4,7-10,12,14H,5-6,11H2,1-3H3. The molecular weight excluding hydrogens is 508 g/mol. The van der Waals surface area contributed by atoms with Crippen LogP contribution < -0.4 is 14.2 Å². The minimum atomic E-state index is -4.63. The van der Waals surface area contributed by atoms with Crippen LogP contribution in [-0.4, -0.2) is 43.7 Å². The van der Waals surface area contributed by atoms with Crippen molar-refractivity contribution in [1.29, 1.82) is 0 Å². The average molecular weight is 530 g/mol. The lowest BCUT2D eigenvalue weighted by atomic mass is 10.1. The van der Waals surface area contributed by atoms with Crippen LogP contribution in [0.1, 0.15) is 35.7 Å². The van der Waals surface area contributed by atoms with E-state index < -0.39 is 17.7 Å². The molecule has 4 aromatic rings. The number of halogens is 4. The number of alkyl halides is 3. The first-order valence-corrected chi connectivity index (χ1v) is 11.5. The van der Waals surface area contributed by atoms with Gasteiger partial charge in [0, 0.05) is 19.2 Å². The Balaban J connectivity index is 1.41. The van der Waals surface area contributed by atoms with Gasteiger partial charge in [-0.25, -0.2) is 24.3 Å². The predicted octanol–water partition coefficient (Wildman–Crippen LogP) is 4.97. The van der Waals surface area contributed by atoms with Gasteiger partial charge in [-0.2, -0.15) is 18.2 Å². The summed E-state index contributed by atoms with van der Waals surface area (Å²) in [5.74, 6) is 0.356. The Hall–Kier alpha value is -4.29. The number of aromatic nitrogens is 6. The molecule has 0 amide bonds. The zero-order valence-corrected chi connectivity index (χ0v) is 20.6. The molecule has 0 N–H and O–H groups in total. The fourth-order valence-electron chi connectivity index (χ4n) is 3.97. The van der Waals surface area contributed by atoms with Crippen LogP contribution in [0.4, 0.5) is 17.6 Å². The summed E-state index contributed by atoms with van der Waals surface area (Å²) < 4.78 is 71.7. The van der Waals surface area contributed by atoms with Gasteiger partial charge in [0.25, 0.3) is 5.88 Å². The van der Waals surface area contributed by atoms with Crippen molar-refractivity contribution in [3.05, 3.63) is 59.7 Å². The highest BCUT2D eigenvalue weighted by Crippen LogP contribution is 2.45. The molecule has 13 heteroatoms. The SMILES string of the molecule is COc1cnc(-c2c(OC)ncnc2C2CC2)nc1OCc1ccc(-c2nc(C(F)(F)F)cn2C)c(F)c1. The molecule has 0 atom stereocenters. The zero-order valence-electron chi connectivity index (χ0n) is 20.6. The van der Waals surface area contributed by atoms with Gasteiger partial charge in [-0.3, -0.25) is 0 Å². The highest BCUT2D eigenvalue weighted by Gasteiger charge is 2.35. The molecule has 1 aromatic carbocycles. The summed E-state index contributed by atoms with van der Waals surface area (Å²) in [5.41, 5.74) is 0.594. The van der Waals surface area contributed by atoms with Crippen LogP contribution in [-0.2, 0) is 19.8 Å². The van der Waals surface area contributed by atoms with Crippen molar-refractivity contribution >= 4 is 0 Å². The Labute approximate surface area is 214 Å². The van der Waals surface area contributed by atoms with Gasteiger partial charge < -0.3 is 18.8 Å². The van der Waals surface area contributed by atoms with Crippen molar-refractivity contribution in [2.75, 3.05) is 14.2 Å². The Kier molecular flexibility index (Phi) is 6.59. The number of aryl methyl sites for hydroxylation is 1. The van der Waals surface area contributed by atoms with Crippen LogP contribution in [0.15, 0.2) is 36.9 Å². The van der Waals surface area contributed by atoms with Crippen LogP contribution >= 0.6 is 0 Å². The molecule has 0 bridgehead atoms. The Bertz CT molecular complexity index is 1490. The highest BCUT2D eigenvalue weighted by atomic mass is 19.4. The molecule has 198 valence electrons. The Morgan fingerprint density at radius 1 is 1.03 bits per heavy atom. The van der Waals surface area contributed by atoms with Crippen LogP contribution in [0.2, 0.25) is 0 Å². The van der Waals surface area contributed by atoms with Crippen molar-refractivity contribution in [2.45, 2.75) is 31.5 Å². The lowest BCUT2D eigenvalue weighted by Crippen LogP contribution is -2.06. The fourth-order valence-corrected chi connectivity index (χ4v) is 3.97. The molecule has 0 spiro atoms. The molecule has 1 saturated carbocycles. The van der Waals surface area contributed by atoms with E-state index in [2.05, 4.69) is 24.9 Å². The van der Waals surface area contributed by atoms with Crippen LogP contribution in [0.25, 0.3) is 22.8 Å². The first kappa shape index (κ1) is 25.4. The monoisotopic (exact) mass is 530 g/mol. The molecular formula is C25H22F4N6O3. The van der Waals surface area contributed by atoms with Crippen LogP contribution in [0, 0.1) is 5.82 Å². The third-order valence-corrected chi connectivity index (χ3v) is 5.98. The number of imidazole rings is 1. The average Bonchev–Trinajstić information content (AvgIpc) is 3.67. The molecule has 0 saturated heterocycles. The van der Waals surface area contributed by atoms with Crippen LogP contribution in [0.3, 0.4) is 0 Å². The minimum Gasteiger partial charge on any atom is -0.490 e. The molecule has 0 unspecified atom stereocenters. The highest BCUT2D eigenvalue weighted by molar-refractivity contribution is 5.66. The minimum absolute atomic E-state index is 0.0718. The van der Waals surface area contributed by atoms with E-state index in [1.165, 1.54) is 52.0 Å². The molecule has 3 heterocycles. The fraction of sp³-hybridized carbons (Fsp3) is 0.320. The zero-order chi connectivity index (χ0) is 27.0. The molecule has 1 aliphatic rings. The summed E-state index contributed by atoms with van der Waals surface area (Å²) >= 11 is 0. The number of hydrogen-bond donors (Lipinski definition) is 0. The summed E-state index contributed by atoms with van der Waals surface area (Å²) in [6.07, 6.45) is 1.04. The molecule has 0 radical (unpaired) electrons. The van der Waals surface area contributed by atoms with Gasteiger partial charge >= 0.3 is 6.18 Å². The first-order valence-electron chi connectivity index (χ1n) is 11.5. The van der Waals surface area contributed by atoms with Gasteiger partial charge in [-0.05, 0) is 30.5 Å². The lowest BCUT2D eigenvalue weighted by Gasteiger charge is -2.14. The number of ether oxygens (including phenoxy) is 3. The number of methoxy groups -OCH3 is 2. The van der Waals surface area contributed by atoms with Crippen molar-refractivity contribution < 1.29 is 31.8 Å². The topological polar surface area (TPSA) is 97.1 Å². The third-order valence-electron chi connectivity index (χ3n) is 5.98. The maximum atomic E-state index is 14.9. The van der Waals surface area contributed by atoms with E-state index in [1.54, 1.807) is 0 Å². The summed E-state index contributed by atoms with van der Waals surface area (Å²) in [6, 6.07) is 4.06. The molecule has 1 fully saturated rings. The largest absolute Gasteiger partial charge is 0.490 e. The molecule has 5 rings (SSSR count). The maximum Gasteiger partial charge on any atom is 0.434 e. The number of benzene rings is 1. The van der Waals surface area contributed by atoms with E-state index in [9.17, 15) is 17.6 Å². The van der Waals surface area contributed by atoms with Crippen LogP contribution in [0.5, 0.6) is 17.5 Å². The van der Waals surface area contributed by atoms with E-state index in [0.717, 1.165) is 29.3 Å². The number of hydrogen-bond acceptors (Lipinski definition) is 8. The van der Waals surface area contributed by atoms with Gasteiger partial charge in [-0.15, -0.1) is 0 Å². The third kappa shape index (κ3) is 4.95. The second kappa shape index (κ2) is 9.88. The number of rotatable bonds is 8. The number of nitrogens with zero attached hydrogens (tertiary/aromatic N) is 6. The molecule has 0 aliphatic heterocycles.